The van der Waals surface area contributed by atoms with Crippen LogP contribution in [0.1, 0.15) is 40.7 Å². The molecule has 2 N–H and O–H groups in total. The summed E-state index contributed by atoms with van der Waals surface area (Å²) in [4.78, 5) is 12.7. The number of aryl methyl sites for hydroxylation is 2. The molecular formula is C15H21NO2. The van der Waals surface area contributed by atoms with Crippen molar-refractivity contribution < 1.29 is 9.53 Å². The van der Waals surface area contributed by atoms with Crippen molar-refractivity contribution in [2.24, 2.45) is 11.1 Å². The van der Waals surface area contributed by atoms with Gasteiger partial charge in [-0.25, -0.2) is 0 Å². The Morgan fingerprint density at radius 3 is 2.39 bits per heavy atom. The fraction of sp³-hybridized carbons (Fsp3) is 0.533. The van der Waals surface area contributed by atoms with Gasteiger partial charge in [-0.05, 0) is 49.9 Å². The molecule has 1 aliphatic rings. The van der Waals surface area contributed by atoms with Gasteiger partial charge in [-0.1, -0.05) is 6.42 Å². The quantitative estimate of drug-likeness (QED) is 0.832. The van der Waals surface area contributed by atoms with Crippen LogP contribution in [0.5, 0.6) is 5.75 Å². The van der Waals surface area contributed by atoms with E-state index in [1.54, 1.807) is 7.11 Å². The van der Waals surface area contributed by atoms with E-state index < -0.39 is 0 Å². The van der Waals surface area contributed by atoms with Gasteiger partial charge in [0.15, 0.2) is 5.78 Å². The van der Waals surface area contributed by atoms with Crippen LogP contribution in [0.4, 0.5) is 0 Å². The van der Waals surface area contributed by atoms with Crippen LogP contribution in [-0.4, -0.2) is 19.4 Å². The van der Waals surface area contributed by atoms with E-state index in [2.05, 4.69) is 0 Å². The van der Waals surface area contributed by atoms with E-state index in [9.17, 15) is 4.79 Å². The highest BCUT2D eigenvalue weighted by Crippen LogP contribution is 2.44. The van der Waals surface area contributed by atoms with Gasteiger partial charge in [0.1, 0.15) is 5.75 Å². The summed E-state index contributed by atoms with van der Waals surface area (Å²) >= 11 is 0. The van der Waals surface area contributed by atoms with Crippen LogP contribution < -0.4 is 10.5 Å². The van der Waals surface area contributed by atoms with Crippen LogP contribution in [0.15, 0.2) is 12.1 Å². The minimum absolute atomic E-state index is 0.149. The summed E-state index contributed by atoms with van der Waals surface area (Å²) in [6.45, 7) is 4.47. The van der Waals surface area contributed by atoms with Gasteiger partial charge >= 0.3 is 0 Å². The third-order valence-corrected chi connectivity index (χ3v) is 4.24. The second kappa shape index (κ2) is 4.73. The molecule has 1 fully saturated rings. The Morgan fingerprint density at radius 1 is 1.33 bits per heavy atom. The van der Waals surface area contributed by atoms with Crippen molar-refractivity contribution in [3.8, 4) is 5.75 Å². The average molecular weight is 247 g/mol. The first kappa shape index (κ1) is 13.1. The van der Waals surface area contributed by atoms with Crippen LogP contribution in [0.3, 0.4) is 0 Å². The summed E-state index contributed by atoms with van der Waals surface area (Å²) in [6.07, 6.45) is 2.90. The summed E-state index contributed by atoms with van der Waals surface area (Å²) in [7, 11) is 1.61. The fourth-order valence-corrected chi connectivity index (χ4v) is 2.55. The molecule has 0 unspecified atom stereocenters. The van der Waals surface area contributed by atoms with Crippen molar-refractivity contribution in [3.63, 3.8) is 0 Å². The second-order valence-electron chi connectivity index (χ2n) is 5.30. The van der Waals surface area contributed by atoms with Crippen LogP contribution in [0, 0.1) is 19.3 Å². The van der Waals surface area contributed by atoms with Gasteiger partial charge < -0.3 is 10.5 Å². The molecule has 2 rings (SSSR count). The van der Waals surface area contributed by atoms with Gasteiger partial charge in [0.2, 0.25) is 0 Å². The van der Waals surface area contributed by atoms with Gasteiger partial charge in [0.25, 0.3) is 0 Å². The number of hydrogen-bond acceptors (Lipinski definition) is 3. The third kappa shape index (κ3) is 1.93. The highest BCUT2D eigenvalue weighted by atomic mass is 16.5. The zero-order chi connectivity index (χ0) is 13.3. The van der Waals surface area contributed by atoms with E-state index in [4.69, 9.17) is 10.5 Å². The number of benzene rings is 1. The summed E-state index contributed by atoms with van der Waals surface area (Å²) < 4.78 is 5.35. The molecule has 3 heteroatoms. The van der Waals surface area contributed by atoms with Crippen LogP contribution in [-0.2, 0) is 0 Å². The minimum atomic E-state index is -0.338. The van der Waals surface area contributed by atoms with E-state index >= 15 is 0 Å². The van der Waals surface area contributed by atoms with Gasteiger partial charge in [0.05, 0.1) is 12.7 Å². The Bertz CT molecular complexity index is 470. The third-order valence-electron chi connectivity index (χ3n) is 4.24. The molecular weight excluding hydrogens is 226 g/mol. The highest BCUT2D eigenvalue weighted by molar-refractivity contribution is 6.03. The van der Waals surface area contributed by atoms with Crippen molar-refractivity contribution in [3.05, 3.63) is 28.8 Å². The van der Waals surface area contributed by atoms with Gasteiger partial charge in [0, 0.05) is 12.0 Å². The molecule has 1 aromatic carbocycles. The Kier molecular flexibility index (Phi) is 3.44. The normalized spacial score (nSPS) is 17.1. The maximum absolute atomic E-state index is 12.7. The number of carbonyl (C=O) groups excluding carboxylic acids is 1. The first-order chi connectivity index (χ1) is 8.54. The Balaban J connectivity index is 2.44. The van der Waals surface area contributed by atoms with E-state index in [0.717, 1.165) is 30.4 Å². The highest BCUT2D eigenvalue weighted by Gasteiger charge is 2.43. The maximum Gasteiger partial charge on any atom is 0.173 e. The van der Waals surface area contributed by atoms with Crippen molar-refractivity contribution in [2.45, 2.75) is 33.1 Å². The lowest BCUT2D eigenvalue weighted by molar-refractivity contribution is 0.0632. The topological polar surface area (TPSA) is 52.3 Å². The van der Waals surface area contributed by atoms with E-state index in [0.29, 0.717) is 17.9 Å². The Morgan fingerprint density at radius 2 is 1.94 bits per heavy atom. The zero-order valence-corrected chi connectivity index (χ0v) is 11.4. The van der Waals surface area contributed by atoms with Crippen molar-refractivity contribution in [1.82, 2.24) is 0 Å². The smallest absolute Gasteiger partial charge is 0.173 e. The predicted molar refractivity (Wildman–Crippen MR) is 72.1 cm³/mol. The van der Waals surface area contributed by atoms with Gasteiger partial charge in [-0.3, -0.25) is 4.79 Å². The van der Waals surface area contributed by atoms with Gasteiger partial charge in [-0.2, -0.15) is 0 Å². The standard InChI is InChI=1S/C15H21NO2/c1-10-7-12(13(18-3)8-11(10)2)14(17)15(9-16)5-4-6-15/h7-8H,4-6,9,16H2,1-3H3. The molecule has 0 aliphatic heterocycles. The molecule has 1 aliphatic carbocycles. The SMILES string of the molecule is COc1cc(C)c(C)cc1C(=O)C1(CN)CCC1. The lowest BCUT2D eigenvalue weighted by atomic mass is 9.64. The molecule has 18 heavy (non-hydrogen) atoms. The first-order valence-corrected chi connectivity index (χ1v) is 6.44. The molecule has 0 heterocycles. The lowest BCUT2D eigenvalue weighted by Gasteiger charge is -2.39. The molecule has 0 aromatic heterocycles. The molecule has 1 saturated carbocycles. The monoisotopic (exact) mass is 247 g/mol. The zero-order valence-electron chi connectivity index (χ0n) is 11.4. The van der Waals surface area contributed by atoms with E-state index in [-0.39, 0.29) is 11.2 Å². The first-order valence-electron chi connectivity index (χ1n) is 6.44. The number of ketones is 1. The number of rotatable bonds is 4. The lowest BCUT2D eigenvalue weighted by Crippen LogP contribution is -2.44. The van der Waals surface area contributed by atoms with E-state index in [1.165, 1.54) is 0 Å². The average Bonchev–Trinajstić information content (AvgIpc) is 2.31. The molecule has 0 spiro atoms. The second-order valence-corrected chi connectivity index (χ2v) is 5.30. The molecule has 0 amide bonds. The Labute approximate surface area is 108 Å². The maximum atomic E-state index is 12.7. The molecule has 0 saturated heterocycles. The van der Waals surface area contributed by atoms with Crippen LogP contribution >= 0.6 is 0 Å². The number of nitrogens with two attached hydrogens (primary N) is 1. The minimum Gasteiger partial charge on any atom is -0.496 e. The molecule has 98 valence electrons. The number of Topliss-reactive ketones (excluding diaryl/α,β-unsaturated/α-hetero) is 1. The largest absolute Gasteiger partial charge is 0.496 e. The van der Waals surface area contributed by atoms with Crippen molar-refractivity contribution in [1.29, 1.82) is 0 Å². The van der Waals surface area contributed by atoms with E-state index in [1.807, 2.05) is 26.0 Å². The van der Waals surface area contributed by atoms with Crippen molar-refractivity contribution >= 4 is 5.78 Å². The summed E-state index contributed by atoms with van der Waals surface area (Å²) in [5.74, 6) is 0.819. The van der Waals surface area contributed by atoms with Crippen LogP contribution in [0.2, 0.25) is 0 Å². The molecule has 1 aromatic rings. The Hall–Kier alpha value is -1.35. The van der Waals surface area contributed by atoms with Crippen LogP contribution in [0.25, 0.3) is 0 Å². The number of carbonyl (C=O) groups is 1. The summed E-state index contributed by atoms with van der Waals surface area (Å²) in [5.41, 5.74) is 8.41. The van der Waals surface area contributed by atoms with Crippen molar-refractivity contribution in [2.75, 3.05) is 13.7 Å². The number of ether oxygens (including phenoxy) is 1. The summed E-state index contributed by atoms with van der Waals surface area (Å²) in [6, 6.07) is 3.87. The number of hydrogen-bond donors (Lipinski definition) is 1. The molecule has 0 bridgehead atoms. The molecule has 0 atom stereocenters. The molecule has 3 nitrogen and oxygen atoms in total. The molecule has 0 radical (unpaired) electrons. The fourth-order valence-electron chi connectivity index (χ4n) is 2.55. The van der Waals surface area contributed by atoms with Gasteiger partial charge in [-0.15, -0.1) is 0 Å². The number of methoxy groups -OCH3 is 1. The summed E-state index contributed by atoms with van der Waals surface area (Å²) in [5, 5.41) is 0. The predicted octanol–water partition coefficient (Wildman–Crippen LogP) is 2.62.